The van der Waals surface area contributed by atoms with Crippen molar-refractivity contribution in [2.75, 3.05) is 19.8 Å². The molecule has 0 unspecified atom stereocenters. The van der Waals surface area contributed by atoms with Gasteiger partial charge in [0.1, 0.15) is 0 Å². The molecule has 0 N–H and O–H groups in total. The third-order valence-electron chi connectivity index (χ3n) is 3.94. The Bertz CT molecular complexity index is 270. The minimum absolute atomic E-state index is 0.0424. The molecule has 84 valence electrons. The van der Waals surface area contributed by atoms with E-state index in [0.29, 0.717) is 26.2 Å². The molecule has 0 aromatic carbocycles. The summed E-state index contributed by atoms with van der Waals surface area (Å²) in [6.45, 7) is 2.02. The van der Waals surface area contributed by atoms with Gasteiger partial charge in [-0.2, -0.15) is 0 Å². The van der Waals surface area contributed by atoms with Gasteiger partial charge in [-0.05, 0) is 12.8 Å². The molecule has 4 nitrogen and oxygen atoms in total. The normalized spacial score (nSPS) is 32.4. The Balaban J connectivity index is 1.67. The third-order valence-corrected chi connectivity index (χ3v) is 3.94. The second-order valence-corrected chi connectivity index (χ2v) is 4.95. The Labute approximate surface area is 88.9 Å². The van der Waals surface area contributed by atoms with E-state index in [1.165, 1.54) is 0 Å². The molecular weight excluding hydrogens is 196 g/mol. The number of hydrogen-bond donors (Lipinski definition) is 0. The van der Waals surface area contributed by atoms with Crippen molar-refractivity contribution in [3.8, 4) is 0 Å². The van der Waals surface area contributed by atoms with Gasteiger partial charge in [0.25, 0.3) is 0 Å². The summed E-state index contributed by atoms with van der Waals surface area (Å²) in [7, 11) is 0. The van der Waals surface area contributed by atoms with Gasteiger partial charge >= 0.3 is 5.97 Å². The summed E-state index contributed by atoms with van der Waals surface area (Å²) >= 11 is 0. The van der Waals surface area contributed by atoms with Crippen molar-refractivity contribution in [2.45, 2.75) is 37.9 Å². The van der Waals surface area contributed by atoms with Gasteiger partial charge in [0.15, 0.2) is 5.79 Å². The number of esters is 1. The summed E-state index contributed by atoms with van der Waals surface area (Å²) in [5, 5.41) is 0. The van der Waals surface area contributed by atoms with E-state index in [0.717, 1.165) is 25.7 Å². The van der Waals surface area contributed by atoms with Crippen LogP contribution in [0.15, 0.2) is 0 Å². The molecule has 2 heterocycles. The maximum Gasteiger partial charge on any atom is 0.306 e. The van der Waals surface area contributed by atoms with Gasteiger partial charge in [0, 0.05) is 18.3 Å². The molecular formula is C11H16O4. The van der Waals surface area contributed by atoms with E-state index >= 15 is 0 Å². The van der Waals surface area contributed by atoms with Crippen LogP contribution in [-0.4, -0.2) is 31.6 Å². The fourth-order valence-electron chi connectivity index (χ4n) is 2.91. The lowest BCUT2D eigenvalue weighted by Gasteiger charge is -2.39. The number of cyclic esters (lactones) is 1. The third kappa shape index (κ3) is 1.56. The predicted octanol–water partition coefficient (Wildman–Crippen LogP) is 1.24. The molecule has 3 aliphatic rings. The monoisotopic (exact) mass is 212 g/mol. The van der Waals surface area contributed by atoms with Gasteiger partial charge in [-0.1, -0.05) is 0 Å². The van der Waals surface area contributed by atoms with Gasteiger partial charge in [0.05, 0.1) is 26.2 Å². The molecule has 0 radical (unpaired) electrons. The number of ether oxygens (including phenoxy) is 3. The van der Waals surface area contributed by atoms with Crippen molar-refractivity contribution >= 4 is 5.97 Å². The van der Waals surface area contributed by atoms with Crippen LogP contribution in [0.5, 0.6) is 0 Å². The SMILES string of the molecule is O=C1CC2(CCC3(CC2)OCCO3)CO1. The lowest BCUT2D eigenvalue weighted by Crippen LogP contribution is -2.40. The quantitative estimate of drug-likeness (QED) is 0.567. The van der Waals surface area contributed by atoms with E-state index in [1.54, 1.807) is 0 Å². The first-order chi connectivity index (χ1) is 7.22. The average Bonchev–Trinajstić information content (AvgIpc) is 2.81. The van der Waals surface area contributed by atoms with Crippen LogP contribution < -0.4 is 0 Å². The zero-order chi connectivity index (χ0) is 10.4. The van der Waals surface area contributed by atoms with Crippen molar-refractivity contribution < 1.29 is 19.0 Å². The highest BCUT2D eigenvalue weighted by Gasteiger charge is 2.49. The van der Waals surface area contributed by atoms with Crippen LogP contribution in [0.2, 0.25) is 0 Å². The first kappa shape index (κ1) is 9.60. The van der Waals surface area contributed by atoms with E-state index in [1.807, 2.05) is 0 Å². The van der Waals surface area contributed by atoms with E-state index in [4.69, 9.17) is 14.2 Å². The first-order valence-electron chi connectivity index (χ1n) is 5.66. The smallest absolute Gasteiger partial charge is 0.306 e. The topological polar surface area (TPSA) is 44.8 Å². The molecule has 0 aromatic rings. The molecule has 2 aliphatic heterocycles. The van der Waals surface area contributed by atoms with Crippen molar-refractivity contribution in [1.29, 1.82) is 0 Å². The maximum absolute atomic E-state index is 11.1. The van der Waals surface area contributed by atoms with Crippen molar-refractivity contribution in [1.82, 2.24) is 0 Å². The van der Waals surface area contributed by atoms with Crippen LogP contribution in [0.25, 0.3) is 0 Å². The maximum atomic E-state index is 11.1. The van der Waals surface area contributed by atoms with Gasteiger partial charge in [-0.3, -0.25) is 4.79 Å². The van der Waals surface area contributed by atoms with E-state index < -0.39 is 0 Å². The molecule has 2 saturated heterocycles. The van der Waals surface area contributed by atoms with Crippen LogP contribution >= 0.6 is 0 Å². The predicted molar refractivity (Wildman–Crippen MR) is 51.1 cm³/mol. The highest BCUT2D eigenvalue weighted by Crippen LogP contribution is 2.48. The van der Waals surface area contributed by atoms with Crippen LogP contribution in [0.4, 0.5) is 0 Å². The zero-order valence-electron chi connectivity index (χ0n) is 8.79. The Morgan fingerprint density at radius 1 is 1.00 bits per heavy atom. The molecule has 0 atom stereocenters. The Morgan fingerprint density at radius 2 is 1.67 bits per heavy atom. The number of carbonyl (C=O) groups excluding carboxylic acids is 1. The summed E-state index contributed by atoms with van der Waals surface area (Å²) in [6, 6.07) is 0. The van der Waals surface area contributed by atoms with Gasteiger partial charge < -0.3 is 14.2 Å². The summed E-state index contributed by atoms with van der Waals surface area (Å²) < 4.78 is 16.4. The first-order valence-corrected chi connectivity index (χ1v) is 5.66. The van der Waals surface area contributed by atoms with Gasteiger partial charge in [-0.15, -0.1) is 0 Å². The fourth-order valence-corrected chi connectivity index (χ4v) is 2.91. The second kappa shape index (κ2) is 3.19. The Kier molecular flexibility index (Phi) is 2.04. The Hall–Kier alpha value is -0.610. The summed E-state index contributed by atoms with van der Waals surface area (Å²) in [6.07, 6.45) is 4.37. The molecule has 0 bridgehead atoms. The van der Waals surface area contributed by atoms with Crippen molar-refractivity contribution in [2.24, 2.45) is 5.41 Å². The minimum atomic E-state index is -0.323. The summed E-state index contributed by atoms with van der Waals surface area (Å²) in [4.78, 5) is 11.1. The second-order valence-electron chi connectivity index (χ2n) is 4.95. The molecule has 3 fully saturated rings. The molecule has 1 aliphatic carbocycles. The van der Waals surface area contributed by atoms with Crippen LogP contribution in [0.1, 0.15) is 32.1 Å². The highest BCUT2D eigenvalue weighted by atomic mass is 16.7. The van der Waals surface area contributed by atoms with E-state index in [2.05, 4.69) is 0 Å². The van der Waals surface area contributed by atoms with E-state index in [-0.39, 0.29) is 17.2 Å². The molecule has 1 saturated carbocycles. The molecule has 0 aromatic heterocycles. The lowest BCUT2D eigenvalue weighted by molar-refractivity contribution is -0.191. The summed E-state index contributed by atoms with van der Waals surface area (Å²) in [5.41, 5.74) is 0.0949. The average molecular weight is 212 g/mol. The van der Waals surface area contributed by atoms with Gasteiger partial charge in [-0.25, -0.2) is 0 Å². The highest BCUT2D eigenvalue weighted by molar-refractivity contribution is 5.72. The number of carbonyl (C=O) groups is 1. The van der Waals surface area contributed by atoms with Crippen molar-refractivity contribution in [3.63, 3.8) is 0 Å². The molecule has 0 amide bonds. The largest absolute Gasteiger partial charge is 0.465 e. The zero-order valence-corrected chi connectivity index (χ0v) is 8.79. The van der Waals surface area contributed by atoms with Crippen LogP contribution in [0, 0.1) is 5.41 Å². The molecule has 2 spiro atoms. The molecule has 15 heavy (non-hydrogen) atoms. The van der Waals surface area contributed by atoms with Crippen molar-refractivity contribution in [3.05, 3.63) is 0 Å². The Morgan fingerprint density at radius 3 is 2.20 bits per heavy atom. The standard InChI is InChI=1S/C11H16O4/c12-9-7-10(8-13-9)1-3-11(4-2-10)14-5-6-15-11/h1-8H2. The van der Waals surface area contributed by atoms with Gasteiger partial charge in [0.2, 0.25) is 0 Å². The number of hydrogen-bond acceptors (Lipinski definition) is 4. The van der Waals surface area contributed by atoms with E-state index in [9.17, 15) is 4.79 Å². The number of rotatable bonds is 0. The summed E-state index contributed by atoms with van der Waals surface area (Å²) in [5.74, 6) is -0.365. The minimum Gasteiger partial charge on any atom is -0.465 e. The fraction of sp³-hybridized carbons (Fsp3) is 0.909. The van der Waals surface area contributed by atoms with Crippen LogP contribution in [-0.2, 0) is 19.0 Å². The lowest BCUT2D eigenvalue weighted by atomic mass is 9.71. The molecule has 4 heteroatoms. The molecule has 3 rings (SSSR count). The van der Waals surface area contributed by atoms with Crippen LogP contribution in [0.3, 0.4) is 0 Å².